The lowest BCUT2D eigenvalue weighted by Crippen LogP contribution is -2.34. The van der Waals surface area contributed by atoms with Gasteiger partial charge in [-0.1, -0.05) is 22.9 Å². The van der Waals surface area contributed by atoms with Gasteiger partial charge in [0.05, 0.1) is 0 Å². The van der Waals surface area contributed by atoms with Crippen molar-refractivity contribution in [1.29, 1.82) is 0 Å². The molecule has 20 heavy (non-hydrogen) atoms. The molecule has 0 aliphatic heterocycles. The second-order valence-electron chi connectivity index (χ2n) is 4.39. The van der Waals surface area contributed by atoms with E-state index in [0.29, 0.717) is 13.1 Å². The van der Waals surface area contributed by atoms with Crippen LogP contribution in [0, 0.1) is 0 Å². The molecule has 112 valence electrons. The third kappa shape index (κ3) is 5.13. The van der Waals surface area contributed by atoms with Crippen LogP contribution >= 0.6 is 15.9 Å². The number of hydrogen-bond acceptors (Lipinski definition) is 3. The zero-order chi connectivity index (χ0) is 15.0. The summed E-state index contributed by atoms with van der Waals surface area (Å²) in [6.45, 7) is 9.13. The Bertz CT molecular complexity index is 434. The van der Waals surface area contributed by atoms with Crippen LogP contribution in [-0.4, -0.2) is 37.0 Å². The first-order valence-corrected chi connectivity index (χ1v) is 7.81. The van der Waals surface area contributed by atoms with Crippen LogP contribution < -0.4 is 10.1 Å². The molecule has 1 aromatic rings. The van der Waals surface area contributed by atoms with Gasteiger partial charge in [-0.15, -0.1) is 0 Å². The van der Waals surface area contributed by atoms with Gasteiger partial charge in [0.2, 0.25) is 0 Å². The highest BCUT2D eigenvalue weighted by molar-refractivity contribution is 9.10. The van der Waals surface area contributed by atoms with Gasteiger partial charge in [-0.05, 0) is 38.6 Å². The van der Waals surface area contributed by atoms with Crippen LogP contribution in [0.1, 0.15) is 26.3 Å². The minimum absolute atomic E-state index is 0.0207. The Labute approximate surface area is 129 Å². The molecule has 0 radical (unpaired) electrons. The van der Waals surface area contributed by atoms with Gasteiger partial charge in [0, 0.05) is 29.7 Å². The number of carbonyl (C=O) groups excluding carboxylic acids is 1. The normalized spacial score (nSPS) is 10.4. The number of likely N-dealkylation sites (N-methyl/N-ethyl adjacent to an activating group) is 1. The van der Waals surface area contributed by atoms with Crippen LogP contribution in [0.15, 0.2) is 22.7 Å². The molecule has 0 heterocycles. The van der Waals surface area contributed by atoms with Crippen LogP contribution in [0.4, 0.5) is 0 Å². The first-order chi connectivity index (χ1) is 9.62. The molecule has 4 nitrogen and oxygen atoms in total. The topological polar surface area (TPSA) is 41.6 Å². The Morgan fingerprint density at radius 2 is 2.00 bits per heavy atom. The Morgan fingerprint density at radius 1 is 1.30 bits per heavy atom. The lowest BCUT2D eigenvalue weighted by molar-refractivity contribution is -0.132. The number of carbonyl (C=O) groups is 1. The van der Waals surface area contributed by atoms with E-state index in [1.165, 1.54) is 0 Å². The summed E-state index contributed by atoms with van der Waals surface area (Å²) in [5.74, 6) is 0.780. The van der Waals surface area contributed by atoms with E-state index < -0.39 is 0 Å². The number of amides is 1. The van der Waals surface area contributed by atoms with Crippen LogP contribution in [0.3, 0.4) is 0 Å². The summed E-state index contributed by atoms with van der Waals surface area (Å²) in [5.41, 5.74) is 1.05. The molecule has 0 aliphatic rings. The van der Waals surface area contributed by atoms with Crippen molar-refractivity contribution in [3.63, 3.8) is 0 Å². The van der Waals surface area contributed by atoms with Gasteiger partial charge >= 0.3 is 0 Å². The van der Waals surface area contributed by atoms with Crippen molar-refractivity contribution in [3.05, 3.63) is 28.2 Å². The Hall–Kier alpha value is -1.07. The standard InChI is InChI=1S/C15H23BrN2O2/c1-4-17-10-12-9-13(16)7-8-14(12)20-11-15(19)18(5-2)6-3/h7-9,17H,4-6,10-11H2,1-3H3. The van der Waals surface area contributed by atoms with Crippen molar-refractivity contribution in [2.24, 2.45) is 0 Å². The van der Waals surface area contributed by atoms with Crippen molar-refractivity contribution in [3.8, 4) is 5.75 Å². The van der Waals surface area contributed by atoms with E-state index in [-0.39, 0.29) is 12.5 Å². The molecule has 1 amide bonds. The average molecular weight is 343 g/mol. The summed E-state index contributed by atoms with van der Waals surface area (Å²) in [6.07, 6.45) is 0. The molecule has 0 saturated heterocycles. The molecular formula is C15H23BrN2O2. The Kier molecular flexibility index (Phi) is 7.62. The number of rotatable bonds is 8. The Balaban J connectivity index is 2.69. The number of ether oxygens (including phenoxy) is 1. The van der Waals surface area contributed by atoms with Gasteiger partial charge in [0.1, 0.15) is 5.75 Å². The number of halogens is 1. The highest BCUT2D eigenvalue weighted by Gasteiger charge is 2.12. The summed E-state index contributed by atoms with van der Waals surface area (Å²) in [5, 5.41) is 3.27. The van der Waals surface area contributed by atoms with Crippen LogP contribution in [0.5, 0.6) is 5.75 Å². The van der Waals surface area contributed by atoms with Gasteiger partial charge in [-0.3, -0.25) is 4.79 Å². The van der Waals surface area contributed by atoms with Crippen LogP contribution in [-0.2, 0) is 11.3 Å². The highest BCUT2D eigenvalue weighted by Crippen LogP contribution is 2.23. The second-order valence-corrected chi connectivity index (χ2v) is 5.30. The molecule has 1 aromatic carbocycles. The second kappa shape index (κ2) is 8.97. The SMILES string of the molecule is CCNCc1cc(Br)ccc1OCC(=O)N(CC)CC. The first kappa shape index (κ1) is 17.0. The van der Waals surface area contributed by atoms with Gasteiger partial charge in [-0.25, -0.2) is 0 Å². The van der Waals surface area contributed by atoms with Crippen molar-refractivity contribution in [2.45, 2.75) is 27.3 Å². The molecule has 0 aromatic heterocycles. The quantitative estimate of drug-likeness (QED) is 0.789. The summed E-state index contributed by atoms with van der Waals surface area (Å²) in [7, 11) is 0. The minimum atomic E-state index is 0.0207. The monoisotopic (exact) mass is 342 g/mol. The molecule has 0 bridgehead atoms. The number of nitrogens with zero attached hydrogens (tertiary/aromatic N) is 1. The maximum Gasteiger partial charge on any atom is 0.260 e. The summed E-state index contributed by atoms with van der Waals surface area (Å²) >= 11 is 3.46. The fraction of sp³-hybridized carbons (Fsp3) is 0.533. The molecule has 0 saturated carbocycles. The zero-order valence-corrected chi connectivity index (χ0v) is 14.0. The van der Waals surface area contributed by atoms with Gasteiger partial charge in [0.25, 0.3) is 5.91 Å². The number of hydrogen-bond donors (Lipinski definition) is 1. The third-order valence-electron chi connectivity index (χ3n) is 3.06. The summed E-state index contributed by atoms with van der Waals surface area (Å²) in [6, 6.07) is 5.83. The third-order valence-corrected chi connectivity index (χ3v) is 3.55. The molecule has 1 N–H and O–H groups in total. The van der Waals surface area contributed by atoms with Crippen LogP contribution in [0.25, 0.3) is 0 Å². The molecule has 1 rings (SSSR count). The van der Waals surface area contributed by atoms with E-state index in [4.69, 9.17) is 4.74 Å². The number of benzene rings is 1. The lowest BCUT2D eigenvalue weighted by Gasteiger charge is -2.19. The Morgan fingerprint density at radius 3 is 2.60 bits per heavy atom. The fourth-order valence-corrected chi connectivity index (χ4v) is 2.30. The average Bonchev–Trinajstić information content (AvgIpc) is 2.45. The summed E-state index contributed by atoms with van der Waals surface area (Å²) < 4.78 is 6.69. The first-order valence-electron chi connectivity index (χ1n) is 7.02. The molecular weight excluding hydrogens is 320 g/mol. The van der Waals surface area contributed by atoms with Gasteiger partial charge < -0.3 is 15.0 Å². The molecule has 0 unspecified atom stereocenters. The fourth-order valence-electron chi connectivity index (χ4n) is 1.89. The molecule has 0 aliphatic carbocycles. The van der Waals surface area contributed by atoms with E-state index in [1.54, 1.807) is 4.90 Å². The smallest absolute Gasteiger partial charge is 0.260 e. The predicted octanol–water partition coefficient (Wildman–Crippen LogP) is 2.81. The van der Waals surface area contributed by atoms with E-state index in [1.807, 2.05) is 32.0 Å². The predicted molar refractivity (Wildman–Crippen MR) is 84.9 cm³/mol. The molecule has 0 fully saturated rings. The maximum atomic E-state index is 11.9. The van der Waals surface area contributed by atoms with Crippen molar-refractivity contribution < 1.29 is 9.53 Å². The lowest BCUT2D eigenvalue weighted by atomic mass is 10.2. The number of nitrogens with one attached hydrogen (secondary N) is 1. The van der Waals surface area contributed by atoms with E-state index in [0.717, 1.165) is 28.9 Å². The van der Waals surface area contributed by atoms with E-state index >= 15 is 0 Å². The van der Waals surface area contributed by atoms with Crippen molar-refractivity contribution in [1.82, 2.24) is 10.2 Å². The van der Waals surface area contributed by atoms with E-state index in [9.17, 15) is 4.79 Å². The zero-order valence-electron chi connectivity index (χ0n) is 12.4. The summed E-state index contributed by atoms with van der Waals surface area (Å²) in [4.78, 5) is 13.7. The van der Waals surface area contributed by atoms with Crippen molar-refractivity contribution in [2.75, 3.05) is 26.2 Å². The van der Waals surface area contributed by atoms with Gasteiger partial charge in [-0.2, -0.15) is 0 Å². The largest absolute Gasteiger partial charge is 0.483 e. The minimum Gasteiger partial charge on any atom is -0.483 e. The molecule has 0 atom stereocenters. The van der Waals surface area contributed by atoms with Crippen LogP contribution in [0.2, 0.25) is 0 Å². The molecule has 0 spiro atoms. The maximum absolute atomic E-state index is 11.9. The molecule has 5 heteroatoms. The van der Waals surface area contributed by atoms with Crippen molar-refractivity contribution >= 4 is 21.8 Å². The van der Waals surface area contributed by atoms with E-state index in [2.05, 4.69) is 28.2 Å². The highest BCUT2D eigenvalue weighted by atomic mass is 79.9. The van der Waals surface area contributed by atoms with Gasteiger partial charge in [0.15, 0.2) is 6.61 Å².